The standard InChI is InChI=1S/C29H39F2N7O/c30-24-7-3-4-22(25(24)31)18-32-27-26-28(38(19-33-26)23-5-1-2-6-23)35-29(34-27)37-14-10-21(11-15-37)20-8-12-36(13-9-20)16-17-39/h3-4,7,19-21,23,39H,1-2,5-6,8-18H2,(H,32,34,35). The molecule has 1 aliphatic carbocycles. The van der Waals surface area contributed by atoms with Crippen molar-refractivity contribution in [1.82, 2.24) is 24.4 Å². The molecule has 210 valence electrons. The first-order valence-corrected chi connectivity index (χ1v) is 14.6. The van der Waals surface area contributed by atoms with Crippen LogP contribution in [0.5, 0.6) is 0 Å². The summed E-state index contributed by atoms with van der Waals surface area (Å²) in [6, 6.07) is 4.62. The van der Waals surface area contributed by atoms with Crippen LogP contribution in [0.1, 0.15) is 63.0 Å². The van der Waals surface area contributed by atoms with Crippen LogP contribution in [0.25, 0.3) is 11.2 Å². The van der Waals surface area contributed by atoms with E-state index in [-0.39, 0.29) is 18.7 Å². The average Bonchev–Trinajstić information content (AvgIpc) is 3.65. The lowest BCUT2D eigenvalue weighted by molar-refractivity contribution is 0.115. The summed E-state index contributed by atoms with van der Waals surface area (Å²) in [6.07, 6.45) is 11.2. The molecule has 39 heavy (non-hydrogen) atoms. The maximum Gasteiger partial charge on any atom is 0.229 e. The number of rotatable bonds is 8. The second kappa shape index (κ2) is 11.7. The number of nitrogens with one attached hydrogen (secondary N) is 1. The van der Waals surface area contributed by atoms with Gasteiger partial charge in [0, 0.05) is 37.8 Å². The summed E-state index contributed by atoms with van der Waals surface area (Å²) in [5.74, 6) is 1.01. The molecule has 3 aliphatic rings. The topological polar surface area (TPSA) is 82.3 Å². The Kier molecular flexibility index (Phi) is 7.92. The van der Waals surface area contributed by atoms with Gasteiger partial charge in [0.2, 0.25) is 5.95 Å². The number of aromatic nitrogens is 4. The molecular formula is C29H39F2N7O. The number of likely N-dealkylation sites (tertiary alicyclic amines) is 1. The van der Waals surface area contributed by atoms with Crippen molar-refractivity contribution in [1.29, 1.82) is 0 Å². The lowest BCUT2D eigenvalue weighted by Gasteiger charge is -2.40. The normalized spacial score (nSPS) is 20.3. The van der Waals surface area contributed by atoms with E-state index in [1.54, 1.807) is 6.07 Å². The van der Waals surface area contributed by atoms with E-state index in [0.717, 1.165) is 76.0 Å². The van der Waals surface area contributed by atoms with Gasteiger partial charge < -0.3 is 24.8 Å². The molecular weight excluding hydrogens is 500 g/mol. The third-order valence-electron chi connectivity index (χ3n) is 9.14. The predicted octanol–water partition coefficient (Wildman–Crippen LogP) is 4.75. The molecule has 0 bridgehead atoms. The largest absolute Gasteiger partial charge is 0.395 e. The number of hydrogen-bond acceptors (Lipinski definition) is 7. The van der Waals surface area contributed by atoms with Gasteiger partial charge in [-0.2, -0.15) is 9.97 Å². The highest BCUT2D eigenvalue weighted by Gasteiger charge is 2.31. The zero-order valence-corrected chi connectivity index (χ0v) is 22.5. The van der Waals surface area contributed by atoms with Gasteiger partial charge in [0.05, 0.1) is 12.9 Å². The highest BCUT2D eigenvalue weighted by atomic mass is 19.2. The van der Waals surface area contributed by atoms with Crippen LogP contribution < -0.4 is 10.2 Å². The Hall–Kier alpha value is -2.85. The number of β-amino-alcohol motifs (C(OH)–C–C–N with tert-alkyl or cyclic N) is 1. The first-order chi connectivity index (χ1) is 19.1. The Morgan fingerprint density at radius 1 is 0.923 bits per heavy atom. The summed E-state index contributed by atoms with van der Waals surface area (Å²) in [7, 11) is 0. The molecule has 2 aromatic heterocycles. The number of benzene rings is 1. The van der Waals surface area contributed by atoms with E-state index >= 15 is 0 Å². The van der Waals surface area contributed by atoms with Crippen LogP contribution in [-0.2, 0) is 6.54 Å². The fourth-order valence-corrected chi connectivity index (χ4v) is 6.84. The van der Waals surface area contributed by atoms with E-state index in [1.165, 1.54) is 31.7 Å². The van der Waals surface area contributed by atoms with Gasteiger partial charge in [-0.1, -0.05) is 25.0 Å². The van der Waals surface area contributed by atoms with Crippen LogP contribution in [0.4, 0.5) is 20.5 Å². The van der Waals surface area contributed by atoms with E-state index in [1.807, 2.05) is 6.33 Å². The Morgan fingerprint density at radius 3 is 2.36 bits per heavy atom. The smallest absolute Gasteiger partial charge is 0.229 e. The molecule has 4 heterocycles. The van der Waals surface area contributed by atoms with Crippen molar-refractivity contribution in [2.24, 2.45) is 11.8 Å². The zero-order chi connectivity index (χ0) is 26.8. The second-order valence-corrected chi connectivity index (χ2v) is 11.4. The Balaban J connectivity index is 1.21. The van der Waals surface area contributed by atoms with Crippen molar-refractivity contribution in [3.8, 4) is 0 Å². The summed E-state index contributed by atoms with van der Waals surface area (Å²) in [5.41, 5.74) is 1.74. The number of imidazole rings is 1. The number of fused-ring (bicyclic) bond motifs is 1. The lowest BCUT2D eigenvalue weighted by atomic mass is 9.79. The van der Waals surface area contributed by atoms with E-state index in [0.29, 0.717) is 29.2 Å². The van der Waals surface area contributed by atoms with Crippen molar-refractivity contribution < 1.29 is 13.9 Å². The molecule has 0 spiro atoms. The Bertz CT molecular complexity index is 1260. The number of aliphatic hydroxyl groups is 1. The fraction of sp³-hybridized carbons (Fsp3) is 0.621. The molecule has 3 aromatic rings. The average molecular weight is 540 g/mol. The maximum atomic E-state index is 14.4. The molecule has 0 amide bonds. The number of hydrogen-bond donors (Lipinski definition) is 2. The molecule has 1 aromatic carbocycles. The number of aliphatic hydroxyl groups excluding tert-OH is 1. The van der Waals surface area contributed by atoms with Crippen molar-refractivity contribution in [3.05, 3.63) is 41.7 Å². The molecule has 8 nitrogen and oxygen atoms in total. The van der Waals surface area contributed by atoms with Crippen LogP contribution in [-0.4, -0.2) is 68.9 Å². The van der Waals surface area contributed by atoms with Crippen LogP contribution in [0.2, 0.25) is 0 Å². The SMILES string of the molecule is OCCN1CCC(C2CCN(c3nc(NCc4cccc(F)c4F)c4ncn(C5CCCC5)c4n3)CC2)CC1. The number of piperidine rings is 2. The molecule has 2 N–H and O–H groups in total. The highest BCUT2D eigenvalue weighted by molar-refractivity contribution is 5.84. The molecule has 0 unspecified atom stereocenters. The molecule has 3 fully saturated rings. The van der Waals surface area contributed by atoms with Gasteiger partial charge in [-0.15, -0.1) is 0 Å². The summed E-state index contributed by atoms with van der Waals surface area (Å²) in [6.45, 7) is 5.11. The quantitative estimate of drug-likeness (QED) is 0.427. The molecule has 0 radical (unpaired) electrons. The zero-order valence-electron chi connectivity index (χ0n) is 22.5. The lowest BCUT2D eigenvalue weighted by Crippen LogP contribution is -2.42. The molecule has 2 saturated heterocycles. The number of halogens is 2. The summed E-state index contributed by atoms with van der Waals surface area (Å²) in [4.78, 5) is 19.2. The van der Waals surface area contributed by atoms with Crippen molar-refractivity contribution in [3.63, 3.8) is 0 Å². The second-order valence-electron chi connectivity index (χ2n) is 11.4. The Labute approximate surface area is 228 Å². The summed E-state index contributed by atoms with van der Waals surface area (Å²) < 4.78 is 30.3. The van der Waals surface area contributed by atoms with Crippen LogP contribution in [0.15, 0.2) is 24.5 Å². The Morgan fingerprint density at radius 2 is 1.64 bits per heavy atom. The van der Waals surface area contributed by atoms with Crippen molar-refractivity contribution >= 4 is 22.9 Å². The van der Waals surface area contributed by atoms with Gasteiger partial charge in [0.25, 0.3) is 0 Å². The molecule has 10 heteroatoms. The van der Waals surface area contributed by atoms with E-state index < -0.39 is 11.6 Å². The van der Waals surface area contributed by atoms with Gasteiger partial charge >= 0.3 is 0 Å². The highest BCUT2D eigenvalue weighted by Crippen LogP contribution is 2.36. The van der Waals surface area contributed by atoms with Crippen LogP contribution >= 0.6 is 0 Å². The third kappa shape index (κ3) is 5.59. The summed E-state index contributed by atoms with van der Waals surface area (Å²) >= 11 is 0. The van der Waals surface area contributed by atoms with Gasteiger partial charge in [0.15, 0.2) is 28.6 Å². The van der Waals surface area contributed by atoms with Gasteiger partial charge in [-0.3, -0.25) is 0 Å². The van der Waals surface area contributed by atoms with Gasteiger partial charge in [-0.05, 0) is 69.5 Å². The van der Waals surface area contributed by atoms with Crippen LogP contribution in [0, 0.1) is 23.5 Å². The molecule has 0 atom stereocenters. The molecule has 2 aliphatic heterocycles. The van der Waals surface area contributed by atoms with Gasteiger partial charge in [0.1, 0.15) is 0 Å². The van der Waals surface area contributed by atoms with Crippen molar-refractivity contribution in [2.75, 3.05) is 49.5 Å². The minimum Gasteiger partial charge on any atom is -0.395 e. The first-order valence-electron chi connectivity index (χ1n) is 14.6. The monoisotopic (exact) mass is 539 g/mol. The van der Waals surface area contributed by atoms with E-state index in [9.17, 15) is 13.9 Å². The first kappa shape index (κ1) is 26.4. The number of nitrogens with zero attached hydrogens (tertiary/aromatic N) is 6. The molecule has 6 rings (SSSR count). The molecule has 1 saturated carbocycles. The number of anilines is 2. The van der Waals surface area contributed by atoms with E-state index in [4.69, 9.17) is 9.97 Å². The van der Waals surface area contributed by atoms with E-state index in [2.05, 4.69) is 24.7 Å². The minimum atomic E-state index is -0.852. The van der Waals surface area contributed by atoms with Crippen LogP contribution in [0.3, 0.4) is 0 Å². The van der Waals surface area contributed by atoms with Gasteiger partial charge in [-0.25, -0.2) is 13.8 Å². The predicted molar refractivity (Wildman–Crippen MR) is 148 cm³/mol. The maximum absolute atomic E-state index is 14.4. The summed E-state index contributed by atoms with van der Waals surface area (Å²) in [5, 5.41) is 12.5. The minimum absolute atomic E-state index is 0.114. The third-order valence-corrected chi connectivity index (χ3v) is 9.14. The van der Waals surface area contributed by atoms with Crippen molar-refractivity contribution in [2.45, 2.75) is 64.0 Å². The fourth-order valence-electron chi connectivity index (χ4n) is 6.84.